The number of aromatic nitrogens is 1. The molecule has 0 saturated heterocycles. The van der Waals surface area contributed by atoms with Gasteiger partial charge < -0.3 is 9.47 Å². The minimum atomic E-state index is 1.08. The molecule has 1 heterocycles. The summed E-state index contributed by atoms with van der Waals surface area (Å²) in [5.74, 6) is 0. The van der Waals surface area contributed by atoms with E-state index in [1.807, 2.05) is 0 Å². The largest absolute Gasteiger partial charge is 0.310 e. The van der Waals surface area contributed by atoms with Gasteiger partial charge in [0.2, 0.25) is 0 Å². The highest BCUT2D eigenvalue weighted by atomic mass is 15.1. The molecule has 0 bridgehead atoms. The molecule has 2 heteroatoms. The fourth-order valence-corrected chi connectivity index (χ4v) is 8.90. The van der Waals surface area contributed by atoms with Crippen LogP contribution in [0.2, 0.25) is 0 Å². The van der Waals surface area contributed by atoms with Crippen LogP contribution in [-0.2, 0) is 0 Å². The van der Waals surface area contributed by atoms with Gasteiger partial charge in [-0.2, -0.15) is 0 Å². The lowest BCUT2D eigenvalue weighted by atomic mass is 9.98. The Bertz CT molecular complexity index is 3310. The van der Waals surface area contributed by atoms with Gasteiger partial charge in [0.15, 0.2) is 0 Å². The molecule has 11 rings (SSSR count). The average molecular weight is 765 g/mol. The molecule has 0 amide bonds. The standard InChI is InChI=1S/C58H40N2/c1-3-16-41(17-4-1)46-22-15-23-48(39-46)52-25-10-13-28-56(52)60-57-29-14-11-26-53(57)54-37-36-50(40-58(54)60)59(55-27-12-9-24-51(55)44-19-5-2-6-20-44)49-34-32-43(33-35-49)47-31-30-42-18-7-8-21-45(42)38-47/h1-40H. The number of rotatable bonds is 8. The number of para-hydroxylation sites is 3. The van der Waals surface area contributed by atoms with Crippen LogP contribution in [-0.4, -0.2) is 4.57 Å². The second-order valence-electron chi connectivity index (χ2n) is 15.3. The number of benzene rings is 10. The first-order valence-electron chi connectivity index (χ1n) is 20.6. The van der Waals surface area contributed by atoms with Gasteiger partial charge in [-0.1, -0.05) is 188 Å². The Morgan fingerprint density at radius 1 is 0.283 bits per heavy atom. The molecule has 11 aromatic rings. The normalized spacial score (nSPS) is 11.3. The maximum absolute atomic E-state index is 2.46. The molecular formula is C58H40N2. The zero-order valence-electron chi connectivity index (χ0n) is 33.0. The first-order valence-corrected chi connectivity index (χ1v) is 20.6. The molecule has 1 aromatic heterocycles. The van der Waals surface area contributed by atoms with Gasteiger partial charge in [-0.3, -0.25) is 0 Å². The molecule has 0 aliphatic carbocycles. The van der Waals surface area contributed by atoms with Gasteiger partial charge in [0.25, 0.3) is 0 Å². The van der Waals surface area contributed by atoms with Crippen molar-refractivity contribution in [1.82, 2.24) is 4.57 Å². The highest BCUT2D eigenvalue weighted by Gasteiger charge is 2.21. The van der Waals surface area contributed by atoms with Crippen LogP contribution in [0.15, 0.2) is 243 Å². The van der Waals surface area contributed by atoms with Crippen LogP contribution < -0.4 is 4.90 Å². The molecule has 60 heavy (non-hydrogen) atoms. The zero-order valence-corrected chi connectivity index (χ0v) is 33.0. The smallest absolute Gasteiger partial charge is 0.0562 e. The van der Waals surface area contributed by atoms with Crippen molar-refractivity contribution in [1.29, 1.82) is 0 Å². The van der Waals surface area contributed by atoms with Gasteiger partial charge in [0.05, 0.1) is 22.4 Å². The zero-order chi connectivity index (χ0) is 39.8. The monoisotopic (exact) mass is 764 g/mol. The van der Waals surface area contributed by atoms with Gasteiger partial charge in [-0.15, -0.1) is 0 Å². The van der Waals surface area contributed by atoms with Crippen molar-refractivity contribution in [3.63, 3.8) is 0 Å². The fourth-order valence-electron chi connectivity index (χ4n) is 8.90. The van der Waals surface area contributed by atoms with Gasteiger partial charge in [-0.25, -0.2) is 0 Å². The van der Waals surface area contributed by atoms with Crippen LogP contribution in [0, 0.1) is 0 Å². The van der Waals surface area contributed by atoms with Crippen LogP contribution in [0.1, 0.15) is 0 Å². The Hall–Kier alpha value is -7.94. The lowest BCUT2D eigenvalue weighted by molar-refractivity contribution is 1.18. The molecule has 0 saturated carbocycles. The Morgan fingerprint density at radius 3 is 1.68 bits per heavy atom. The maximum atomic E-state index is 2.46. The molecule has 0 N–H and O–H groups in total. The summed E-state index contributed by atoms with van der Waals surface area (Å²) < 4.78 is 2.46. The van der Waals surface area contributed by atoms with Gasteiger partial charge in [0, 0.05) is 33.3 Å². The van der Waals surface area contributed by atoms with E-state index < -0.39 is 0 Å². The minimum Gasteiger partial charge on any atom is -0.310 e. The first-order chi connectivity index (χ1) is 29.8. The predicted molar refractivity (Wildman–Crippen MR) is 255 cm³/mol. The highest BCUT2D eigenvalue weighted by Crippen LogP contribution is 2.44. The maximum Gasteiger partial charge on any atom is 0.0562 e. The van der Waals surface area contributed by atoms with Crippen LogP contribution in [0.4, 0.5) is 17.1 Å². The summed E-state index contributed by atoms with van der Waals surface area (Å²) >= 11 is 0. The van der Waals surface area contributed by atoms with Crippen LogP contribution in [0.5, 0.6) is 0 Å². The van der Waals surface area contributed by atoms with E-state index in [2.05, 4.69) is 252 Å². The first kappa shape index (κ1) is 35.2. The van der Waals surface area contributed by atoms with E-state index >= 15 is 0 Å². The second-order valence-corrected chi connectivity index (χ2v) is 15.3. The van der Waals surface area contributed by atoms with Crippen molar-refractivity contribution in [3.8, 4) is 50.2 Å². The molecule has 282 valence electrons. The summed E-state index contributed by atoms with van der Waals surface area (Å²) in [6.45, 7) is 0. The lowest BCUT2D eigenvalue weighted by Gasteiger charge is -2.28. The Labute approximate surface area is 350 Å². The molecule has 0 atom stereocenters. The molecule has 0 unspecified atom stereocenters. The van der Waals surface area contributed by atoms with Crippen molar-refractivity contribution in [2.45, 2.75) is 0 Å². The Morgan fingerprint density at radius 2 is 0.850 bits per heavy atom. The van der Waals surface area contributed by atoms with E-state index in [1.165, 1.54) is 71.6 Å². The van der Waals surface area contributed by atoms with Crippen LogP contribution >= 0.6 is 0 Å². The molecule has 0 radical (unpaired) electrons. The van der Waals surface area contributed by atoms with Gasteiger partial charge in [0.1, 0.15) is 0 Å². The molecular weight excluding hydrogens is 725 g/mol. The molecule has 0 spiro atoms. The van der Waals surface area contributed by atoms with Crippen molar-refractivity contribution in [3.05, 3.63) is 243 Å². The lowest BCUT2D eigenvalue weighted by Crippen LogP contribution is -2.11. The summed E-state index contributed by atoms with van der Waals surface area (Å²) in [6.07, 6.45) is 0. The number of hydrogen-bond acceptors (Lipinski definition) is 1. The summed E-state index contributed by atoms with van der Waals surface area (Å²) in [5, 5.41) is 4.93. The summed E-state index contributed by atoms with van der Waals surface area (Å²) in [6, 6.07) is 88.0. The number of hydrogen-bond donors (Lipinski definition) is 0. The fraction of sp³-hybridized carbons (Fsp3) is 0. The topological polar surface area (TPSA) is 8.17 Å². The van der Waals surface area contributed by atoms with Crippen molar-refractivity contribution in [2.75, 3.05) is 4.90 Å². The Balaban J connectivity index is 1.11. The third kappa shape index (κ3) is 6.32. The van der Waals surface area contributed by atoms with E-state index in [4.69, 9.17) is 0 Å². The van der Waals surface area contributed by atoms with Crippen molar-refractivity contribution < 1.29 is 0 Å². The number of fused-ring (bicyclic) bond motifs is 4. The summed E-state index contributed by atoms with van der Waals surface area (Å²) in [5.41, 5.74) is 16.2. The third-order valence-electron chi connectivity index (χ3n) is 11.8. The van der Waals surface area contributed by atoms with Crippen LogP contribution in [0.3, 0.4) is 0 Å². The van der Waals surface area contributed by atoms with Gasteiger partial charge >= 0.3 is 0 Å². The average Bonchev–Trinajstić information content (AvgIpc) is 3.66. The van der Waals surface area contributed by atoms with Crippen molar-refractivity contribution >= 4 is 49.6 Å². The van der Waals surface area contributed by atoms with Gasteiger partial charge in [-0.05, 0) is 98.8 Å². The Kier molecular flexibility index (Phi) is 8.87. The highest BCUT2D eigenvalue weighted by molar-refractivity contribution is 6.11. The van der Waals surface area contributed by atoms with E-state index in [-0.39, 0.29) is 0 Å². The molecule has 0 fully saturated rings. The van der Waals surface area contributed by atoms with Crippen molar-refractivity contribution in [2.24, 2.45) is 0 Å². The third-order valence-corrected chi connectivity index (χ3v) is 11.8. The van der Waals surface area contributed by atoms with E-state index in [9.17, 15) is 0 Å². The summed E-state index contributed by atoms with van der Waals surface area (Å²) in [7, 11) is 0. The van der Waals surface area contributed by atoms with E-state index in [0.29, 0.717) is 0 Å². The molecule has 10 aromatic carbocycles. The SMILES string of the molecule is c1ccc(-c2cccc(-c3ccccc3-n3c4ccccc4c4ccc(N(c5ccc(-c6ccc7ccccc7c6)cc5)c5ccccc5-c5ccccc5)cc43)c2)cc1. The number of anilines is 3. The molecule has 0 aliphatic rings. The minimum absolute atomic E-state index is 1.08. The second kappa shape index (κ2) is 15.1. The summed E-state index contributed by atoms with van der Waals surface area (Å²) in [4.78, 5) is 2.42. The molecule has 0 aliphatic heterocycles. The predicted octanol–water partition coefficient (Wildman–Crippen LogP) is 16.1. The number of nitrogens with zero attached hydrogens (tertiary/aromatic N) is 2. The van der Waals surface area contributed by atoms with E-state index in [1.54, 1.807) is 0 Å². The van der Waals surface area contributed by atoms with E-state index in [0.717, 1.165) is 28.3 Å². The van der Waals surface area contributed by atoms with Crippen LogP contribution in [0.25, 0.3) is 82.8 Å². The molecule has 2 nitrogen and oxygen atoms in total. The quantitative estimate of drug-likeness (QED) is 0.150.